The van der Waals surface area contributed by atoms with E-state index in [1.54, 1.807) is 13.2 Å². The summed E-state index contributed by atoms with van der Waals surface area (Å²) in [7, 11) is 1.60. The minimum absolute atomic E-state index is 0.143. The predicted octanol–water partition coefficient (Wildman–Crippen LogP) is 1.99. The molecule has 0 saturated heterocycles. The van der Waals surface area contributed by atoms with Gasteiger partial charge in [-0.25, -0.2) is 4.39 Å². The van der Waals surface area contributed by atoms with Crippen LogP contribution in [-0.4, -0.2) is 32.7 Å². The van der Waals surface area contributed by atoms with Gasteiger partial charge in [-0.05, 0) is 22.0 Å². The molecular formula is C11H12BrFN2O2. The van der Waals surface area contributed by atoms with Crippen molar-refractivity contribution in [3.63, 3.8) is 0 Å². The summed E-state index contributed by atoms with van der Waals surface area (Å²) >= 11 is 3.14. The van der Waals surface area contributed by atoms with E-state index in [1.165, 1.54) is 6.07 Å². The average Bonchev–Trinajstić information content (AvgIpc) is 2.28. The molecule has 1 aromatic carbocycles. The molecule has 0 aromatic heterocycles. The van der Waals surface area contributed by atoms with Crippen LogP contribution in [0.25, 0.3) is 0 Å². The quantitative estimate of drug-likeness (QED) is 0.928. The molecule has 0 radical (unpaired) electrons. The molecule has 0 saturated carbocycles. The van der Waals surface area contributed by atoms with Crippen molar-refractivity contribution in [2.24, 2.45) is 0 Å². The first-order valence-corrected chi connectivity index (χ1v) is 5.94. The zero-order valence-electron chi connectivity index (χ0n) is 9.30. The fourth-order valence-corrected chi connectivity index (χ4v) is 2.08. The molecule has 1 amide bonds. The van der Waals surface area contributed by atoms with E-state index >= 15 is 0 Å². The van der Waals surface area contributed by atoms with Gasteiger partial charge in [-0.15, -0.1) is 0 Å². The van der Waals surface area contributed by atoms with Crippen LogP contribution < -0.4 is 10.2 Å². The van der Waals surface area contributed by atoms with Crippen molar-refractivity contribution in [2.75, 3.05) is 37.0 Å². The summed E-state index contributed by atoms with van der Waals surface area (Å²) in [6, 6.07) is 2.98. The van der Waals surface area contributed by atoms with Crippen LogP contribution in [0.5, 0.6) is 0 Å². The normalized spacial score (nSPS) is 14.5. The molecule has 6 heteroatoms. The van der Waals surface area contributed by atoms with Crippen LogP contribution in [0.3, 0.4) is 0 Å². The second-order valence-corrected chi connectivity index (χ2v) is 4.60. The molecule has 1 aliphatic heterocycles. The summed E-state index contributed by atoms with van der Waals surface area (Å²) in [5, 5.41) is 2.65. The van der Waals surface area contributed by atoms with Crippen molar-refractivity contribution in [3.8, 4) is 0 Å². The van der Waals surface area contributed by atoms with E-state index in [-0.39, 0.29) is 12.5 Å². The molecule has 1 N–H and O–H groups in total. The molecule has 0 aliphatic carbocycles. The van der Waals surface area contributed by atoms with Crippen LogP contribution in [0.2, 0.25) is 0 Å². The second kappa shape index (κ2) is 5.01. The number of amides is 1. The van der Waals surface area contributed by atoms with Gasteiger partial charge in [0.05, 0.1) is 29.0 Å². The van der Waals surface area contributed by atoms with Gasteiger partial charge in [-0.2, -0.15) is 0 Å². The first kappa shape index (κ1) is 12.3. The number of anilines is 2. The van der Waals surface area contributed by atoms with Gasteiger partial charge in [-0.3, -0.25) is 4.79 Å². The van der Waals surface area contributed by atoms with Crippen molar-refractivity contribution in [2.45, 2.75) is 0 Å². The molecule has 0 fully saturated rings. The van der Waals surface area contributed by atoms with E-state index in [1.807, 2.05) is 4.90 Å². The molecule has 4 nitrogen and oxygen atoms in total. The summed E-state index contributed by atoms with van der Waals surface area (Å²) in [6.45, 7) is 1.37. The lowest BCUT2D eigenvalue weighted by Crippen LogP contribution is -2.40. The van der Waals surface area contributed by atoms with Crippen molar-refractivity contribution in [3.05, 3.63) is 22.4 Å². The van der Waals surface area contributed by atoms with Gasteiger partial charge in [0, 0.05) is 19.7 Å². The van der Waals surface area contributed by atoms with Gasteiger partial charge < -0.3 is 15.0 Å². The number of halogens is 2. The van der Waals surface area contributed by atoms with Crippen molar-refractivity contribution in [1.82, 2.24) is 0 Å². The molecule has 1 heterocycles. The number of rotatable bonds is 3. The SMILES string of the molecule is COCCN1CC(=O)Nc2cc(F)c(Br)cc21. The van der Waals surface area contributed by atoms with E-state index in [2.05, 4.69) is 21.2 Å². The minimum atomic E-state index is -0.391. The largest absolute Gasteiger partial charge is 0.383 e. The number of fused-ring (bicyclic) bond motifs is 1. The van der Waals surface area contributed by atoms with Crippen molar-refractivity contribution in [1.29, 1.82) is 0 Å². The number of benzene rings is 1. The summed E-state index contributed by atoms with van der Waals surface area (Å²) in [4.78, 5) is 13.3. The third-order valence-electron chi connectivity index (χ3n) is 2.55. The fraction of sp³-hybridized carbons (Fsp3) is 0.364. The predicted molar refractivity (Wildman–Crippen MR) is 66.8 cm³/mol. The van der Waals surface area contributed by atoms with E-state index in [0.717, 1.165) is 5.69 Å². The molecule has 17 heavy (non-hydrogen) atoms. The Balaban J connectivity index is 2.34. The van der Waals surface area contributed by atoms with Crippen LogP contribution in [0.4, 0.5) is 15.8 Å². The molecule has 1 aliphatic rings. The number of hydrogen-bond donors (Lipinski definition) is 1. The lowest BCUT2D eigenvalue weighted by atomic mass is 10.2. The second-order valence-electron chi connectivity index (χ2n) is 3.75. The number of methoxy groups -OCH3 is 1. The molecule has 0 spiro atoms. The molecule has 0 unspecified atom stereocenters. The van der Waals surface area contributed by atoms with Gasteiger partial charge >= 0.3 is 0 Å². The van der Waals surface area contributed by atoms with E-state index in [9.17, 15) is 9.18 Å². The number of nitrogens with one attached hydrogen (secondary N) is 1. The highest BCUT2D eigenvalue weighted by Crippen LogP contribution is 2.33. The number of carbonyl (C=O) groups is 1. The van der Waals surface area contributed by atoms with Crippen LogP contribution in [0, 0.1) is 5.82 Å². The van der Waals surface area contributed by atoms with Gasteiger partial charge in [-0.1, -0.05) is 0 Å². The number of nitrogens with zero attached hydrogens (tertiary/aromatic N) is 1. The third-order valence-corrected chi connectivity index (χ3v) is 3.16. The summed E-state index contributed by atoms with van der Waals surface area (Å²) < 4.78 is 18.7. The highest BCUT2D eigenvalue weighted by Gasteiger charge is 2.23. The minimum Gasteiger partial charge on any atom is -0.383 e. The molecule has 92 valence electrons. The van der Waals surface area contributed by atoms with Crippen LogP contribution in [0.15, 0.2) is 16.6 Å². The van der Waals surface area contributed by atoms with E-state index in [0.29, 0.717) is 23.3 Å². The van der Waals surface area contributed by atoms with Crippen LogP contribution >= 0.6 is 15.9 Å². The maximum atomic E-state index is 13.4. The first-order valence-electron chi connectivity index (χ1n) is 5.14. The molecule has 0 bridgehead atoms. The fourth-order valence-electron chi connectivity index (χ4n) is 1.75. The first-order chi connectivity index (χ1) is 8.11. The van der Waals surface area contributed by atoms with Gasteiger partial charge in [0.25, 0.3) is 0 Å². The summed E-state index contributed by atoms with van der Waals surface area (Å²) in [5.41, 5.74) is 1.30. The lowest BCUT2D eigenvalue weighted by Gasteiger charge is -2.30. The van der Waals surface area contributed by atoms with Crippen LogP contribution in [0.1, 0.15) is 0 Å². The van der Waals surface area contributed by atoms with E-state index in [4.69, 9.17) is 4.74 Å². The Bertz CT molecular complexity index is 453. The molecule has 0 atom stereocenters. The van der Waals surface area contributed by atoms with Crippen molar-refractivity contribution < 1.29 is 13.9 Å². The summed E-state index contributed by atoms with van der Waals surface area (Å²) in [6.07, 6.45) is 0. The van der Waals surface area contributed by atoms with E-state index < -0.39 is 5.82 Å². The number of hydrogen-bond acceptors (Lipinski definition) is 3. The standard InChI is InChI=1S/C11H12BrFN2O2/c1-17-3-2-15-6-11(16)14-9-5-8(13)7(12)4-10(9)15/h4-5H,2-3,6H2,1H3,(H,14,16). The van der Waals surface area contributed by atoms with Gasteiger partial charge in [0.15, 0.2) is 0 Å². The number of carbonyl (C=O) groups excluding carboxylic acids is 1. The average molecular weight is 303 g/mol. The number of ether oxygens (including phenoxy) is 1. The van der Waals surface area contributed by atoms with Gasteiger partial charge in [0.1, 0.15) is 5.82 Å². The Morgan fingerprint density at radius 2 is 2.35 bits per heavy atom. The maximum absolute atomic E-state index is 13.4. The molecular weight excluding hydrogens is 291 g/mol. The lowest BCUT2D eigenvalue weighted by molar-refractivity contribution is -0.115. The monoisotopic (exact) mass is 302 g/mol. The highest BCUT2D eigenvalue weighted by atomic mass is 79.9. The Hall–Kier alpha value is -1.14. The smallest absolute Gasteiger partial charge is 0.243 e. The van der Waals surface area contributed by atoms with Crippen LogP contribution in [-0.2, 0) is 9.53 Å². The third kappa shape index (κ3) is 2.58. The Morgan fingerprint density at radius 3 is 3.06 bits per heavy atom. The Labute approximate surface area is 107 Å². The highest BCUT2D eigenvalue weighted by molar-refractivity contribution is 9.10. The topological polar surface area (TPSA) is 41.6 Å². The maximum Gasteiger partial charge on any atom is 0.243 e. The zero-order valence-corrected chi connectivity index (χ0v) is 10.9. The molecule has 1 aromatic rings. The molecule has 2 rings (SSSR count). The summed E-state index contributed by atoms with van der Waals surface area (Å²) in [5.74, 6) is -0.534. The Morgan fingerprint density at radius 1 is 1.59 bits per heavy atom. The Kier molecular flexibility index (Phi) is 3.63. The zero-order chi connectivity index (χ0) is 12.4. The van der Waals surface area contributed by atoms with Gasteiger partial charge in [0.2, 0.25) is 5.91 Å². The van der Waals surface area contributed by atoms with Crippen molar-refractivity contribution >= 4 is 33.2 Å².